The van der Waals surface area contributed by atoms with Crippen LogP contribution in [0.2, 0.25) is 0 Å². The smallest absolute Gasteiger partial charge is 0.247 e. The van der Waals surface area contributed by atoms with Gasteiger partial charge in [-0.05, 0) is 41.3 Å². The van der Waals surface area contributed by atoms with E-state index in [1.165, 1.54) is 12.1 Å². The van der Waals surface area contributed by atoms with Crippen LogP contribution in [0.4, 0.5) is 10.2 Å². The number of hydrogen-bond donors (Lipinski definition) is 2. The lowest BCUT2D eigenvalue weighted by molar-refractivity contribution is -0.118. The highest BCUT2D eigenvalue weighted by atomic mass is 19.1. The number of aryl methyl sites for hydroxylation is 1. The topological polar surface area (TPSA) is 95.6 Å². The van der Waals surface area contributed by atoms with Crippen LogP contribution in [0.1, 0.15) is 35.6 Å². The summed E-state index contributed by atoms with van der Waals surface area (Å²) in [6.45, 7) is 2.36. The summed E-state index contributed by atoms with van der Waals surface area (Å²) in [6, 6.07) is 18.8. The molecular weight excluding hydrogens is 443 g/mol. The van der Waals surface area contributed by atoms with Gasteiger partial charge in [0, 0.05) is 37.1 Å². The molecule has 0 saturated heterocycles. The molecule has 7 nitrogen and oxygen atoms in total. The lowest BCUT2D eigenvalue weighted by atomic mass is 9.98. The van der Waals surface area contributed by atoms with E-state index < -0.39 is 11.9 Å². The normalized spacial score (nSPS) is 12.5. The molecule has 4 rings (SSSR count). The van der Waals surface area contributed by atoms with Gasteiger partial charge < -0.3 is 10.6 Å². The fourth-order valence-electron chi connectivity index (χ4n) is 3.76. The van der Waals surface area contributed by atoms with Crippen LogP contribution >= 0.6 is 0 Å². The molecule has 0 fully saturated rings. The van der Waals surface area contributed by atoms with Gasteiger partial charge >= 0.3 is 0 Å². The Labute approximate surface area is 203 Å². The standard InChI is InChI=1S/C27H25FN6O/c1-18(20-8-9-21(13-29)24(28)12-20)14-31-26(19-6-4-3-5-7-19)27(35)33-25-11-10-22(15-30-25)23-16-32-34(2)17-23/h3-12,15-18,26,31H,14H2,1-2H3,(H,30,33,35)/t18-,26-/m0/s1. The first kappa shape index (κ1) is 23.8. The summed E-state index contributed by atoms with van der Waals surface area (Å²) in [7, 11) is 1.85. The van der Waals surface area contributed by atoms with Gasteiger partial charge in [-0.1, -0.05) is 43.3 Å². The number of anilines is 1. The van der Waals surface area contributed by atoms with E-state index in [9.17, 15) is 9.18 Å². The molecule has 2 heterocycles. The quantitative estimate of drug-likeness (QED) is 0.395. The molecule has 0 aliphatic carbocycles. The van der Waals surface area contributed by atoms with Gasteiger partial charge in [-0.3, -0.25) is 9.48 Å². The van der Waals surface area contributed by atoms with Crippen molar-refractivity contribution in [1.82, 2.24) is 20.1 Å². The van der Waals surface area contributed by atoms with Crippen LogP contribution in [0.3, 0.4) is 0 Å². The number of carbonyl (C=O) groups is 1. The average Bonchev–Trinajstić information content (AvgIpc) is 3.31. The van der Waals surface area contributed by atoms with Crippen molar-refractivity contribution in [1.29, 1.82) is 5.26 Å². The van der Waals surface area contributed by atoms with Gasteiger partial charge in [0.05, 0.1) is 11.8 Å². The molecule has 2 aromatic heterocycles. The predicted octanol–water partition coefficient (Wildman–Crippen LogP) is 4.57. The SMILES string of the molecule is C[C@@H](CN[C@H](C(=O)Nc1ccc(-c2cnn(C)c2)cn1)c1ccccc1)c1ccc(C#N)c(F)c1. The summed E-state index contributed by atoms with van der Waals surface area (Å²) < 4.78 is 15.8. The van der Waals surface area contributed by atoms with Crippen molar-refractivity contribution in [3.63, 3.8) is 0 Å². The van der Waals surface area contributed by atoms with E-state index in [4.69, 9.17) is 5.26 Å². The molecule has 2 aromatic carbocycles. The van der Waals surface area contributed by atoms with Crippen LogP contribution in [-0.2, 0) is 11.8 Å². The van der Waals surface area contributed by atoms with Crippen molar-refractivity contribution >= 4 is 11.7 Å². The van der Waals surface area contributed by atoms with E-state index in [2.05, 4.69) is 20.7 Å². The van der Waals surface area contributed by atoms with Crippen molar-refractivity contribution in [2.75, 3.05) is 11.9 Å². The highest BCUT2D eigenvalue weighted by molar-refractivity contribution is 5.95. The fourth-order valence-corrected chi connectivity index (χ4v) is 3.76. The number of benzene rings is 2. The van der Waals surface area contributed by atoms with Crippen LogP contribution in [-0.4, -0.2) is 27.2 Å². The van der Waals surface area contributed by atoms with E-state index in [-0.39, 0.29) is 17.4 Å². The maximum atomic E-state index is 14.1. The van der Waals surface area contributed by atoms with Gasteiger partial charge in [0.2, 0.25) is 5.91 Å². The van der Waals surface area contributed by atoms with Gasteiger partial charge in [0.25, 0.3) is 0 Å². The van der Waals surface area contributed by atoms with Crippen molar-refractivity contribution < 1.29 is 9.18 Å². The first-order chi connectivity index (χ1) is 16.9. The lowest BCUT2D eigenvalue weighted by Crippen LogP contribution is -2.35. The second kappa shape index (κ2) is 10.7. The number of rotatable bonds is 8. The van der Waals surface area contributed by atoms with Crippen LogP contribution < -0.4 is 10.6 Å². The van der Waals surface area contributed by atoms with Crippen molar-refractivity contribution in [2.45, 2.75) is 18.9 Å². The Bertz CT molecular complexity index is 1340. The molecule has 0 aliphatic heterocycles. The maximum Gasteiger partial charge on any atom is 0.247 e. The third-order valence-electron chi connectivity index (χ3n) is 5.76. The zero-order valence-corrected chi connectivity index (χ0v) is 19.4. The van der Waals surface area contributed by atoms with Crippen molar-refractivity contribution in [2.24, 2.45) is 7.05 Å². The summed E-state index contributed by atoms with van der Waals surface area (Å²) >= 11 is 0. The highest BCUT2D eigenvalue weighted by Crippen LogP contribution is 2.22. The molecule has 1 amide bonds. The summed E-state index contributed by atoms with van der Waals surface area (Å²) in [5.74, 6) is -0.452. The number of nitrogens with one attached hydrogen (secondary N) is 2. The minimum absolute atomic E-state index is 0.0116. The molecule has 2 atom stereocenters. The maximum absolute atomic E-state index is 14.1. The Balaban J connectivity index is 1.47. The summed E-state index contributed by atoms with van der Waals surface area (Å²) in [4.78, 5) is 17.6. The zero-order chi connectivity index (χ0) is 24.8. The lowest BCUT2D eigenvalue weighted by Gasteiger charge is -2.21. The second-order valence-corrected chi connectivity index (χ2v) is 8.33. The van der Waals surface area contributed by atoms with Gasteiger partial charge in [0.1, 0.15) is 23.7 Å². The zero-order valence-electron chi connectivity index (χ0n) is 19.4. The summed E-state index contributed by atoms with van der Waals surface area (Å²) in [5.41, 5.74) is 3.40. The van der Waals surface area contributed by atoms with E-state index in [0.29, 0.717) is 12.4 Å². The molecule has 0 aliphatic rings. The first-order valence-corrected chi connectivity index (χ1v) is 11.2. The van der Waals surface area contributed by atoms with E-state index in [0.717, 1.165) is 22.3 Å². The van der Waals surface area contributed by atoms with Crippen LogP contribution in [0.25, 0.3) is 11.1 Å². The highest BCUT2D eigenvalue weighted by Gasteiger charge is 2.22. The van der Waals surface area contributed by atoms with Gasteiger partial charge in [0.15, 0.2) is 0 Å². The Morgan fingerprint density at radius 2 is 1.89 bits per heavy atom. The average molecular weight is 469 g/mol. The Morgan fingerprint density at radius 3 is 2.51 bits per heavy atom. The number of carbonyl (C=O) groups excluding carboxylic acids is 1. The molecule has 0 bridgehead atoms. The molecular formula is C27H25FN6O. The molecule has 4 aromatic rings. The number of aromatic nitrogens is 3. The summed E-state index contributed by atoms with van der Waals surface area (Å²) in [5, 5.41) is 19.3. The number of halogens is 1. The number of nitriles is 1. The number of pyridine rings is 1. The van der Waals surface area contributed by atoms with E-state index in [1.807, 2.05) is 62.6 Å². The second-order valence-electron chi connectivity index (χ2n) is 8.33. The largest absolute Gasteiger partial charge is 0.309 e. The minimum Gasteiger partial charge on any atom is -0.309 e. The molecule has 0 saturated carbocycles. The van der Waals surface area contributed by atoms with E-state index in [1.54, 1.807) is 29.2 Å². The first-order valence-electron chi connectivity index (χ1n) is 11.2. The minimum atomic E-state index is -0.637. The monoisotopic (exact) mass is 468 g/mol. The number of hydrogen-bond acceptors (Lipinski definition) is 5. The van der Waals surface area contributed by atoms with Gasteiger partial charge in [-0.15, -0.1) is 0 Å². The Kier molecular flexibility index (Phi) is 7.29. The van der Waals surface area contributed by atoms with Crippen molar-refractivity contribution in [3.05, 3.63) is 102 Å². The number of nitrogens with zero attached hydrogens (tertiary/aromatic N) is 4. The van der Waals surface area contributed by atoms with Crippen LogP contribution in [0.15, 0.2) is 79.3 Å². The molecule has 2 N–H and O–H groups in total. The Morgan fingerprint density at radius 1 is 1.09 bits per heavy atom. The molecule has 0 unspecified atom stereocenters. The van der Waals surface area contributed by atoms with Gasteiger partial charge in [-0.2, -0.15) is 10.4 Å². The molecule has 0 spiro atoms. The van der Waals surface area contributed by atoms with Crippen LogP contribution in [0, 0.1) is 17.1 Å². The molecule has 8 heteroatoms. The molecule has 0 radical (unpaired) electrons. The van der Waals surface area contributed by atoms with E-state index >= 15 is 0 Å². The molecule has 35 heavy (non-hydrogen) atoms. The molecule has 176 valence electrons. The Hall–Kier alpha value is -4.35. The fraction of sp³-hybridized carbons (Fsp3) is 0.185. The third-order valence-corrected chi connectivity index (χ3v) is 5.76. The predicted molar refractivity (Wildman–Crippen MR) is 132 cm³/mol. The third kappa shape index (κ3) is 5.78. The van der Waals surface area contributed by atoms with Crippen molar-refractivity contribution in [3.8, 4) is 17.2 Å². The van der Waals surface area contributed by atoms with Gasteiger partial charge in [-0.25, -0.2) is 9.37 Å². The number of amides is 1. The summed E-state index contributed by atoms with van der Waals surface area (Å²) in [6.07, 6.45) is 5.34. The van der Waals surface area contributed by atoms with Crippen LogP contribution in [0.5, 0.6) is 0 Å².